The summed E-state index contributed by atoms with van der Waals surface area (Å²) in [5.74, 6) is -1.98. The molecule has 1 aromatic carbocycles. The second kappa shape index (κ2) is 7.28. The van der Waals surface area contributed by atoms with Crippen molar-refractivity contribution < 1.29 is 21.9 Å². The van der Waals surface area contributed by atoms with E-state index in [1.54, 1.807) is 0 Å². The van der Waals surface area contributed by atoms with Crippen LogP contribution in [0.2, 0.25) is 0 Å². The van der Waals surface area contributed by atoms with Gasteiger partial charge in [0.25, 0.3) is 0 Å². The zero-order chi connectivity index (χ0) is 14.5. The summed E-state index contributed by atoms with van der Waals surface area (Å²) in [5.41, 5.74) is 0. The van der Waals surface area contributed by atoms with E-state index < -0.39 is 26.6 Å². The van der Waals surface area contributed by atoms with E-state index in [1.165, 1.54) is 0 Å². The molecule has 0 amide bonds. The highest BCUT2D eigenvalue weighted by Crippen LogP contribution is 2.25. The Morgan fingerprint density at radius 2 is 2.05 bits per heavy atom. The van der Waals surface area contributed by atoms with Crippen molar-refractivity contribution in [2.24, 2.45) is 0 Å². The third-order valence-corrected chi connectivity index (χ3v) is 4.62. The predicted molar refractivity (Wildman–Crippen MR) is 70.4 cm³/mol. The molecular formula is C11H14BrF2NO3S. The van der Waals surface area contributed by atoms with E-state index in [0.717, 1.165) is 6.07 Å². The summed E-state index contributed by atoms with van der Waals surface area (Å²) in [6.07, 6.45) is 0.466. The molecule has 0 atom stereocenters. The number of hydrogen-bond donors (Lipinski definition) is 1. The molecule has 0 heterocycles. The largest absolute Gasteiger partial charge is 0.382 e. The van der Waals surface area contributed by atoms with Gasteiger partial charge >= 0.3 is 0 Å². The number of benzene rings is 1. The molecular weight excluding hydrogens is 344 g/mol. The molecule has 0 saturated heterocycles. The molecule has 0 saturated carbocycles. The van der Waals surface area contributed by atoms with Crippen LogP contribution in [0.1, 0.15) is 13.3 Å². The SMILES string of the molecule is CCOCCCNS(=O)(=O)c1c(F)cc(F)cc1Br. The van der Waals surface area contributed by atoms with Crippen LogP contribution in [0.15, 0.2) is 21.5 Å². The second-order valence-corrected chi connectivity index (χ2v) is 6.20. The highest BCUT2D eigenvalue weighted by atomic mass is 79.9. The number of ether oxygens (including phenoxy) is 1. The van der Waals surface area contributed by atoms with Gasteiger partial charge in [-0.2, -0.15) is 0 Å². The quantitative estimate of drug-likeness (QED) is 0.762. The summed E-state index contributed by atoms with van der Waals surface area (Å²) in [5, 5.41) is 0. The first kappa shape index (κ1) is 16.5. The second-order valence-electron chi connectivity index (χ2n) is 3.65. The van der Waals surface area contributed by atoms with Crippen molar-refractivity contribution in [3.63, 3.8) is 0 Å². The number of nitrogens with one attached hydrogen (secondary N) is 1. The Morgan fingerprint density at radius 3 is 2.63 bits per heavy atom. The molecule has 0 fully saturated rings. The highest BCUT2D eigenvalue weighted by molar-refractivity contribution is 9.10. The molecule has 0 radical (unpaired) electrons. The van der Waals surface area contributed by atoms with Gasteiger partial charge in [-0.3, -0.25) is 0 Å². The van der Waals surface area contributed by atoms with Crippen molar-refractivity contribution >= 4 is 26.0 Å². The lowest BCUT2D eigenvalue weighted by Crippen LogP contribution is -2.27. The van der Waals surface area contributed by atoms with Crippen LogP contribution >= 0.6 is 15.9 Å². The van der Waals surface area contributed by atoms with E-state index in [-0.39, 0.29) is 11.0 Å². The summed E-state index contributed by atoms with van der Waals surface area (Å²) in [7, 11) is -4.02. The maximum atomic E-state index is 13.5. The molecule has 1 rings (SSSR count). The lowest BCUT2D eigenvalue weighted by molar-refractivity contribution is 0.146. The Bertz CT molecular complexity index is 514. The summed E-state index contributed by atoms with van der Waals surface area (Å²) in [6, 6.07) is 1.43. The van der Waals surface area contributed by atoms with Crippen molar-refractivity contribution in [3.05, 3.63) is 28.2 Å². The number of rotatable bonds is 7. The minimum Gasteiger partial charge on any atom is -0.382 e. The molecule has 1 N–H and O–H groups in total. The monoisotopic (exact) mass is 357 g/mol. The van der Waals surface area contributed by atoms with Gasteiger partial charge in [0.2, 0.25) is 10.0 Å². The van der Waals surface area contributed by atoms with Gasteiger partial charge in [0, 0.05) is 30.3 Å². The van der Waals surface area contributed by atoms with Gasteiger partial charge in [-0.25, -0.2) is 21.9 Å². The van der Waals surface area contributed by atoms with Crippen LogP contribution in [0, 0.1) is 11.6 Å². The normalized spacial score (nSPS) is 11.8. The fourth-order valence-corrected chi connectivity index (χ4v) is 3.62. The average Bonchev–Trinajstić information content (AvgIpc) is 2.26. The Hall–Kier alpha value is -0.570. The van der Waals surface area contributed by atoms with Crippen LogP contribution in [0.4, 0.5) is 8.78 Å². The maximum Gasteiger partial charge on any atom is 0.244 e. The van der Waals surface area contributed by atoms with E-state index in [9.17, 15) is 17.2 Å². The highest BCUT2D eigenvalue weighted by Gasteiger charge is 2.23. The van der Waals surface area contributed by atoms with Gasteiger partial charge < -0.3 is 4.74 Å². The van der Waals surface area contributed by atoms with Crippen molar-refractivity contribution in [2.45, 2.75) is 18.2 Å². The molecule has 0 aliphatic carbocycles. The molecule has 0 spiro atoms. The first-order valence-corrected chi connectivity index (χ1v) is 7.88. The van der Waals surface area contributed by atoms with Crippen molar-refractivity contribution in [1.82, 2.24) is 4.72 Å². The van der Waals surface area contributed by atoms with Gasteiger partial charge in [-0.1, -0.05) is 0 Å². The minimum atomic E-state index is -4.02. The fraction of sp³-hybridized carbons (Fsp3) is 0.455. The zero-order valence-electron chi connectivity index (χ0n) is 10.3. The molecule has 0 aliphatic heterocycles. The molecule has 1 aromatic rings. The van der Waals surface area contributed by atoms with E-state index in [1.807, 2.05) is 6.92 Å². The minimum absolute atomic E-state index is 0.117. The summed E-state index contributed by atoms with van der Waals surface area (Å²) < 4.78 is 57.3. The van der Waals surface area contributed by atoms with Gasteiger partial charge in [-0.05, 0) is 35.3 Å². The molecule has 19 heavy (non-hydrogen) atoms. The predicted octanol–water partition coefficient (Wildman–Crippen LogP) is 2.43. The topological polar surface area (TPSA) is 55.4 Å². The van der Waals surface area contributed by atoms with Crippen molar-refractivity contribution in [2.75, 3.05) is 19.8 Å². The molecule has 0 aromatic heterocycles. The lowest BCUT2D eigenvalue weighted by atomic mass is 10.3. The van der Waals surface area contributed by atoms with E-state index in [0.29, 0.717) is 25.7 Å². The number of halogens is 3. The Kier molecular flexibility index (Phi) is 6.31. The zero-order valence-corrected chi connectivity index (χ0v) is 12.7. The van der Waals surface area contributed by atoms with Gasteiger partial charge in [0.05, 0.1) is 0 Å². The van der Waals surface area contributed by atoms with Gasteiger partial charge in [0.15, 0.2) is 0 Å². The first-order valence-electron chi connectivity index (χ1n) is 5.60. The summed E-state index contributed by atoms with van der Waals surface area (Å²) in [4.78, 5) is -0.592. The smallest absolute Gasteiger partial charge is 0.244 e. The number of hydrogen-bond acceptors (Lipinski definition) is 3. The Labute approximate surface area is 119 Å². The Morgan fingerprint density at radius 1 is 1.37 bits per heavy atom. The molecule has 0 bridgehead atoms. The number of sulfonamides is 1. The van der Waals surface area contributed by atoms with Gasteiger partial charge in [-0.15, -0.1) is 0 Å². The Balaban J connectivity index is 2.78. The van der Waals surface area contributed by atoms with E-state index in [4.69, 9.17) is 4.74 Å². The summed E-state index contributed by atoms with van der Waals surface area (Å²) >= 11 is 2.84. The van der Waals surface area contributed by atoms with Gasteiger partial charge in [0.1, 0.15) is 16.5 Å². The standard InChI is InChI=1S/C11H14BrF2NO3S/c1-2-18-5-3-4-15-19(16,17)11-9(12)6-8(13)7-10(11)14/h6-7,15H,2-5H2,1H3. The van der Waals surface area contributed by atoms with Crippen molar-refractivity contribution in [3.8, 4) is 0 Å². The molecule has 108 valence electrons. The van der Waals surface area contributed by atoms with Crippen LogP contribution in [0.25, 0.3) is 0 Å². The van der Waals surface area contributed by atoms with E-state index in [2.05, 4.69) is 20.7 Å². The maximum absolute atomic E-state index is 13.5. The molecule has 8 heteroatoms. The van der Waals surface area contributed by atoms with Crippen LogP contribution < -0.4 is 4.72 Å². The molecule has 0 aliphatic rings. The molecule has 0 unspecified atom stereocenters. The first-order chi connectivity index (χ1) is 8.88. The molecule has 4 nitrogen and oxygen atoms in total. The average molecular weight is 358 g/mol. The van der Waals surface area contributed by atoms with Crippen molar-refractivity contribution in [1.29, 1.82) is 0 Å². The van der Waals surface area contributed by atoms with E-state index >= 15 is 0 Å². The van der Waals surface area contributed by atoms with Crippen LogP contribution in [-0.2, 0) is 14.8 Å². The van der Waals surface area contributed by atoms with Crippen LogP contribution in [-0.4, -0.2) is 28.2 Å². The van der Waals surface area contributed by atoms with Crippen LogP contribution in [0.3, 0.4) is 0 Å². The summed E-state index contributed by atoms with van der Waals surface area (Å²) in [6.45, 7) is 2.90. The lowest BCUT2D eigenvalue weighted by Gasteiger charge is -2.09. The third-order valence-electron chi connectivity index (χ3n) is 2.19. The van der Waals surface area contributed by atoms with Crippen LogP contribution in [0.5, 0.6) is 0 Å². The third kappa shape index (κ3) is 4.79. The fourth-order valence-electron chi connectivity index (χ4n) is 1.38.